The van der Waals surface area contributed by atoms with E-state index in [1.54, 1.807) is 11.8 Å². The lowest BCUT2D eigenvalue weighted by Gasteiger charge is -2.33. The lowest BCUT2D eigenvalue weighted by Crippen LogP contribution is -3.14. The Morgan fingerprint density at radius 1 is 1.08 bits per heavy atom. The van der Waals surface area contributed by atoms with Crippen LogP contribution in [0, 0.1) is 0 Å². The van der Waals surface area contributed by atoms with Gasteiger partial charge in [0.25, 0.3) is 0 Å². The van der Waals surface area contributed by atoms with Crippen molar-refractivity contribution in [3.05, 3.63) is 60.4 Å². The summed E-state index contributed by atoms with van der Waals surface area (Å²) in [6.45, 7) is 6.82. The number of Topliss-reactive ketones (excluding diaryl/α,β-unsaturated/α-hetero) is 1. The van der Waals surface area contributed by atoms with Crippen LogP contribution in [0.25, 0.3) is 11.0 Å². The molecule has 128 valence electrons. The Hall–Kier alpha value is -2.66. The number of anilines is 1. The number of piperazine rings is 1. The number of fused-ring (bicyclic) bond motifs is 1. The van der Waals surface area contributed by atoms with Crippen molar-refractivity contribution >= 4 is 22.5 Å². The van der Waals surface area contributed by atoms with E-state index in [4.69, 9.17) is 0 Å². The summed E-state index contributed by atoms with van der Waals surface area (Å²) in [5, 5.41) is 0. The Morgan fingerprint density at radius 2 is 1.80 bits per heavy atom. The molecule has 1 fully saturated rings. The summed E-state index contributed by atoms with van der Waals surface area (Å²) in [5.74, 6) is 0.119. The number of carbonyl (C=O) groups excluding carboxylic acids is 1. The lowest BCUT2D eigenvalue weighted by molar-refractivity contribution is -0.923. The zero-order valence-corrected chi connectivity index (χ0v) is 14.5. The van der Waals surface area contributed by atoms with Crippen LogP contribution in [0.4, 0.5) is 5.69 Å². The van der Waals surface area contributed by atoms with Crippen molar-refractivity contribution in [1.82, 2.24) is 9.55 Å². The summed E-state index contributed by atoms with van der Waals surface area (Å²) in [5.41, 5.74) is 4.25. The second kappa shape index (κ2) is 6.69. The van der Waals surface area contributed by atoms with E-state index >= 15 is 0 Å². The average molecular weight is 335 g/mol. The van der Waals surface area contributed by atoms with E-state index in [0.29, 0.717) is 0 Å². The van der Waals surface area contributed by atoms with Gasteiger partial charge >= 0.3 is 0 Å². The fraction of sp³-hybridized carbons (Fsp3) is 0.300. The molecule has 3 aromatic rings. The van der Waals surface area contributed by atoms with Crippen LogP contribution in [0.15, 0.2) is 54.9 Å². The van der Waals surface area contributed by atoms with Gasteiger partial charge in [-0.2, -0.15) is 0 Å². The molecule has 2 aromatic carbocycles. The van der Waals surface area contributed by atoms with Gasteiger partial charge in [0.1, 0.15) is 6.33 Å². The molecule has 0 bridgehead atoms. The van der Waals surface area contributed by atoms with Gasteiger partial charge in [0.05, 0.1) is 37.2 Å². The third kappa shape index (κ3) is 3.28. The summed E-state index contributed by atoms with van der Waals surface area (Å²) in [6.07, 6.45) is 1.95. The molecule has 0 atom stereocenters. The lowest BCUT2D eigenvalue weighted by atomic mass is 10.1. The van der Waals surface area contributed by atoms with Crippen LogP contribution in [0.3, 0.4) is 0 Å². The third-order valence-electron chi connectivity index (χ3n) is 5.03. The first-order chi connectivity index (χ1) is 12.2. The predicted molar refractivity (Wildman–Crippen MR) is 99.1 cm³/mol. The minimum absolute atomic E-state index is 0.119. The normalized spacial score (nSPS) is 15.6. The zero-order valence-electron chi connectivity index (χ0n) is 14.5. The number of nitrogens with one attached hydrogen (secondary N) is 1. The van der Waals surface area contributed by atoms with E-state index in [1.165, 1.54) is 11.2 Å². The number of carbonyl (C=O) groups is 1. The van der Waals surface area contributed by atoms with Crippen molar-refractivity contribution < 1.29 is 9.69 Å². The summed E-state index contributed by atoms with van der Waals surface area (Å²) in [6, 6.07) is 16.3. The van der Waals surface area contributed by atoms with E-state index in [-0.39, 0.29) is 5.78 Å². The van der Waals surface area contributed by atoms with Crippen molar-refractivity contribution in [2.45, 2.75) is 13.6 Å². The molecule has 1 saturated heterocycles. The van der Waals surface area contributed by atoms with Gasteiger partial charge in [-0.15, -0.1) is 0 Å². The summed E-state index contributed by atoms with van der Waals surface area (Å²) >= 11 is 0. The van der Waals surface area contributed by atoms with E-state index in [0.717, 1.165) is 43.9 Å². The molecule has 5 heteroatoms. The molecule has 0 unspecified atom stereocenters. The van der Waals surface area contributed by atoms with Crippen LogP contribution in [0.1, 0.15) is 17.3 Å². The number of para-hydroxylation sites is 2. The molecule has 5 nitrogen and oxygen atoms in total. The van der Waals surface area contributed by atoms with Crippen LogP contribution >= 0.6 is 0 Å². The number of nitrogens with zero attached hydrogens (tertiary/aromatic N) is 3. The van der Waals surface area contributed by atoms with E-state index < -0.39 is 0 Å². The van der Waals surface area contributed by atoms with E-state index in [1.807, 2.05) is 24.5 Å². The minimum atomic E-state index is 0.119. The highest BCUT2D eigenvalue weighted by Crippen LogP contribution is 2.16. The van der Waals surface area contributed by atoms with Crippen LogP contribution in [0.5, 0.6) is 0 Å². The number of hydrogen-bond acceptors (Lipinski definition) is 3. The fourth-order valence-electron chi connectivity index (χ4n) is 3.52. The topological polar surface area (TPSA) is 42.6 Å². The molecular formula is C20H23N4O+. The molecule has 0 spiro atoms. The van der Waals surface area contributed by atoms with Gasteiger partial charge in [-0.25, -0.2) is 4.98 Å². The molecule has 2 heterocycles. The van der Waals surface area contributed by atoms with Crippen molar-refractivity contribution in [2.75, 3.05) is 31.1 Å². The highest BCUT2D eigenvalue weighted by Gasteiger charge is 2.21. The maximum absolute atomic E-state index is 11.4. The van der Waals surface area contributed by atoms with Crippen molar-refractivity contribution in [3.8, 4) is 0 Å². The maximum atomic E-state index is 11.4. The van der Waals surface area contributed by atoms with Crippen LogP contribution < -0.4 is 9.80 Å². The number of ketones is 1. The summed E-state index contributed by atoms with van der Waals surface area (Å²) in [4.78, 5) is 19.8. The Labute approximate surface area is 147 Å². The molecule has 1 N–H and O–H groups in total. The van der Waals surface area contributed by atoms with Gasteiger partial charge in [-0.1, -0.05) is 12.1 Å². The molecule has 1 aliphatic heterocycles. The molecule has 1 aliphatic rings. The van der Waals surface area contributed by atoms with Crippen molar-refractivity contribution in [1.29, 1.82) is 0 Å². The summed E-state index contributed by atoms with van der Waals surface area (Å²) in [7, 11) is 0. The second-order valence-electron chi connectivity index (χ2n) is 6.70. The quantitative estimate of drug-likeness (QED) is 0.737. The van der Waals surface area contributed by atoms with Gasteiger partial charge in [0.15, 0.2) is 12.5 Å². The minimum Gasteiger partial charge on any atom is -0.360 e. The molecule has 1 aromatic heterocycles. The van der Waals surface area contributed by atoms with Gasteiger partial charge in [0, 0.05) is 11.3 Å². The molecule has 0 radical (unpaired) electrons. The van der Waals surface area contributed by atoms with Crippen LogP contribution in [-0.4, -0.2) is 41.5 Å². The standard InChI is InChI=1S/C20H22N4O/c1-16(25)17-6-8-18(9-7-17)23-12-10-22(11-13-23)15-24-14-21-19-4-2-3-5-20(19)24/h2-9,14H,10-13,15H2,1H3/p+1. The van der Waals surface area contributed by atoms with Gasteiger partial charge in [-0.05, 0) is 43.3 Å². The van der Waals surface area contributed by atoms with Crippen LogP contribution in [0.2, 0.25) is 0 Å². The average Bonchev–Trinajstić information content (AvgIpc) is 3.06. The fourth-order valence-corrected chi connectivity index (χ4v) is 3.52. The SMILES string of the molecule is CC(=O)c1ccc(N2CC[NH+](Cn3cnc4ccccc43)CC2)cc1. The van der Waals surface area contributed by atoms with Gasteiger partial charge < -0.3 is 9.80 Å². The number of rotatable bonds is 4. The van der Waals surface area contributed by atoms with Crippen LogP contribution in [-0.2, 0) is 6.67 Å². The highest BCUT2D eigenvalue weighted by molar-refractivity contribution is 5.94. The number of benzene rings is 2. The van der Waals surface area contributed by atoms with E-state index in [2.05, 4.69) is 44.8 Å². The highest BCUT2D eigenvalue weighted by atomic mass is 16.1. The molecule has 4 rings (SSSR count). The monoisotopic (exact) mass is 335 g/mol. The predicted octanol–water partition coefficient (Wildman–Crippen LogP) is 1.60. The molecule has 0 aliphatic carbocycles. The Kier molecular flexibility index (Phi) is 4.24. The largest absolute Gasteiger partial charge is 0.360 e. The molecular weight excluding hydrogens is 312 g/mol. The molecule has 25 heavy (non-hydrogen) atoms. The Bertz CT molecular complexity index is 876. The van der Waals surface area contributed by atoms with Gasteiger partial charge in [-0.3, -0.25) is 9.36 Å². The number of quaternary nitrogens is 1. The Balaban J connectivity index is 1.39. The first-order valence-electron chi connectivity index (χ1n) is 8.80. The van der Waals surface area contributed by atoms with E-state index in [9.17, 15) is 4.79 Å². The second-order valence-corrected chi connectivity index (χ2v) is 6.70. The number of imidazole rings is 1. The summed E-state index contributed by atoms with van der Waals surface area (Å²) < 4.78 is 2.25. The number of hydrogen-bond donors (Lipinski definition) is 1. The third-order valence-corrected chi connectivity index (χ3v) is 5.03. The molecule has 0 amide bonds. The van der Waals surface area contributed by atoms with Crippen molar-refractivity contribution in [2.24, 2.45) is 0 Å². The van der Waals surface area contributed by atoms with Crippen molar-refractivity contribution in [3.63, 3.8) is 0 Å². The zero-order chi connectivity index (χ0) is 17.2. The Morgan fingerprint density at radius 3 is 2.52 bits per heavy atom. The number of aromatic nitrogens is 2. The maximum Gasteiger partial charge on any atom is 0.159 e. The van der Waals surface area contributed by atoms with Gasteiger partial charge in [0.2, 0.25) is 0 Å². The smallest absolute Gasteiger partial charge is 0.159 e. The molecule has 0 saturated carbocycles. The first-order valence-corrected chi connectivity index (χ1v) is 8.80. The first kappa shape index (κ1) is 15.8.